The fraction of sp³-hybridized carbons (Fsp3) is 0.545. The maximum Gasteiger partial charge on any atom is 0.192 e. The number of benzene rings is 1. The Kier molecular flexibility index (Phi) is 8.16. The Balaban J connectivity index is 3.11. The first-order valence-electron chi connectivity index (χ1n) is 9.32. The lowest BCUT2D eigenvalue weighted by Gasteiger charge is -2.40. The van der Waals surface area contributed by atoms with E-state index in [2.05, 4.69) is 83.3 Å². The van der Waals surface area contributed by atoms with Crippen LogP contribution in [0.2, 0.25) is 18.1 Å². The molecule has 0 saturated carbocycles. The summed E-state index contributed by atoms with van der Waals surface area (Å²) < 4.78 is 12.6. The van der Waals surface area contributed by atoms with Crippen LogP contribution in [0.15, 0.2) is 48.2 Å². The summed E-state index contributed by atoms with van der Waals surface area (Å²) in [6.07, 6.45) is 6.42. The highest BCUT2D eigenvalue weighted by molar-refractivity contribution is 6.74. The average Bonchev–Trinajstić information content (AvgIpc) is 2.55. The van der Waals surface area contributed by atoms with Crippen LogP contribution in [-0.2, 0) is 9.16 Å². The van der Waals surface area contributed by atoms with Gasteiger partial charge in [-0.3, -0.25) is 0 Å². The van der Waals surface area contributed by atoms with E-state index in [4.69, 9.17) is 9.16 Å². The lowest BCUT2D eigenvalue weighted by molar-refractivity contribution is 0.123. The normalized spacial score (nSPS) is 16.1. The van der Waals surface area contributed by atoms with E-state index in [0.29, 0.717) is 6.61 Å². The zero-order valence-electron chi connectivity index (χ0n) is 17.3. The molecule has 0 aliphatic rings. The first kappa shape index (κ1) is 21.7. The van der Waals surface area contributed by atoms with Crippen molar-refractivity contribution in [2.75, 3.05) is 6.61 Å². The molecule has 0 aromatic heterocycles. The van der Waals surface area contributed by atoms with Gasteiger partial charge in [0.05, 0.1) is 18.5 Å². The van der Waals surface area contributed by atoms with Gasteiger partial charge in [0.15, 0.2) is 8.32 Å². The molecule has 0 fully saturated rings. The van der Waals surface area contributed by atoms with Gasteiger partial charge in [0.1, 0.15) is 0 Å². The number of allylic oxidation sites excluding steroid dienone is 1. The Hall–Kier alpha value is -1.32. The molecule has 0 amide bonds. The van der Waals surface area contributed by atoms with Gasteiger partial charge in [0, 0.05) is 5.92 Å². The van der Waals surface area contributed by atoms with Crippen molar-refractivity contribution in [3.05, 3.63) is 53.8 Å². The Bertz CT molecular complexity index is 567. The second kappa shape index (κ2) is 9.40. The summed E-state index contributed by atoms with van der Waals surface area (Å²) in [5.74, 6) is 1.18. The molecule has 1 aromatic carbocycles. The van der Waals surface area contributed by atoms with E-state index in [1.54, 1.807) is 0 Å². The van der Waals surface area contributed by atoms with Crippen LogP contribution in [0.3, 0.4) is 0 Å². The zero-order chi connectivity index (χ0) is 19.1. The third kappa shape index (κ3) is 6.48. The van der Waals surface area contributed by atoms with E-state index < -0.39 is 8.32 Å². The summed E-state index contributed by atoms with van der Waals surface area (Å²) in [4.78, 5) is 0. The molecule has 1 rings (SSSR count). The van der Waals surface area contributed by atoms with E-state index in [1.165, 1.54) is 5.56 Å². The Labute approximate surface area is 156 Å². The molecule has 3 heteroatoms. The maximum atomic E-state index is 6.75. The summed E-state index contributed by atoms with van der Waals surface area (Å²) in [5, 5.41) is 0.174. The second-order valence-corrected chi connectivity index (χ2v) is 12.8. The molecule has 140 valence electrons. The lowest BCUT2D eigenvalue weighted by Crippen LogP contribution is -2.45. The molecule has 0 radical (unpaired) electrons. The van der Waals surface area contributed by atoms with Crippen LogP contribution in [0, 0.1) is 5.92 Å². The number of hydrogen-bond donors (Lipinski definition) is 0. The van der Waals surface area contributed by atoms with Crippen molar-refractivity contribution in [1.82, 2.24) is 0 Å². The standard InChI is InChI=1S/C22H36O2Si/c1-9-20(23-10-2)18(3)21(24-25(7,8)22(4,5)6)17-16-19-14-12-11-13-15-19/h9,11-18,21H,10H2,1-8H3/b17-16+,20-9-/t18-,21-/m1/s1. The molecule has 0 N–H and O–H groups in total. The van der Waals surface area contributed by atoms with Gasteiger partial charge >= 0.3 is 0 Å². The lowest BCUT2D eigenvalue weighted by atomic mass is 10.0. The third-order valence-electron chi connectivity index (χ3n) is 5.05. The van der Waals surface area contributed by atoms with Crippen molar-refractivity contribution < 1.29 is 9.16 Å². The van der Waals surface area contributed by atoms with Crippen molar-refractivity contribution >= 4 is 14.4 Å². The summed E-state index contributed by atoms with van der Waals surface area (Å²) in [6, 6.07) is 10.4. The monoisotopic (exact) mass is 360 g/mol. The Morgan fingerprint density at radius 3 is 2.24 bits per heavy atom. The SMILES string of the molecule is C/C=C(\OCC)[C@@H](C)[C@@H](/C=C/c1ccccc1)O[Si](C)(C)C(C)(C)C. The zero-order valence-corrected chi connectivity index (χ0v) is 18.3. The molecule has 0 heterocycles. The predicted molar refractivity (Wildman–Crippen MR) is 112 cm³/mol. The fourth-order valence-corrected chi connectivity index (χ4v) is 3.72. The van der Waals surface area contributed by atoms with E-state index in [1.807, 2.05) is 19.9 Å². The summed E-state index contributed by atoms with van der Waals surface area (Å²) in [6.45, 7) is 18.4. The molecule has 0 aliphatic carbocycles. The van der Waals surface area contributed by atoms with E-state index in [9.17, 15) is 0 Å². The molecule has 1 aromatic rings. The molecule has 0 aliphatic heterocycles. The molecule has 25 heavy (non-hydrogen) atoms. The summed E-state index contributed by atoms with van der Waals surface area (Å²) in [5.41, 5.74) is 1.19. The van der Waals surface area contributed by atoms with Crippen LogP contribution < -0.4 is 0 Å². The Morgan fingerprint density at radius 2 is 1.76 bits per heavy atom. The molecule has 2 atom stereocenters. The van der Waals surface area contributed by atoms with Gasteiger partial charge < -0.3 is 9.16 Å². The van der Waals surface area contributed by atoms with Crippen molar-refractivity contribution in [1.29, 1.82) is 0 Å². The van der Waals surface area contributed by atoms with Gasteiger partial charge in [-0.05, 0) is 43.6 Å². The number of hydrogen-bond acceptors (Lipinski definition) is 2. The highest BCUT2D eigenvalue weighted by Gasteiger charge is 2.40. The minimum atomic E-state index is -1.88. The maximum absolute atomic E-state index is 6.75. The van der Waals surface area contributed by atoms with Gasteiger partial charge in [-0.25, -0.2) is 0 Å². The van der Waals surface area contributed by atoms with Crippen molar-refractivity contribution in [3.8, 4) is 0 Å². The van der Waals surface area contributed by atoms with Crippen LogP contribution in [0.1, 0.15) is 47.1 Å². The van der Waals surface area contributed by atoms with E-state index in [-0.39, 0.29) is 17.1 Å². The van der Waals surface area contributed by atoms with E-state index in [0.717, 1.165) is 5.76 Å². The average molecular weight is 361 g/mol. The number of rotatable bonds is 8. The minimum absolute atomic E-state index is 0.00107. The first-order chi connectivity index (χ1) is 11.6. The Morgan fingerprint density at radius 1 is 1.16 bits per heavy atom. The van der Waals surface area contributed by atoms with Crippen LogP contribution in [0.25, 0.3) is 6.08 Å². The van der Waals surface area contributed by atoms with Crippen molar-refractivity contribution in [2.24, 2.45) is 5.92 Å². The summed E-state index contributed by atoms with van der Waals surface area (Å²) >= 11 is 0. The van der Waals surface area contributed by atoms with Crippen molar-refractivity contribution in [3.63, 3.8) is 0 Å². The van der Waals surface area contributed by atoms with Crippen LogP contribution >= 0.6 is 0 Å². The highest BCUT2D eigenvalue weighted by Crippen LogP contribution is 2.39. The molecular weight excluding hydrogens is 324 g/mol. The minimum Gasteiger partial charge on any atom is -0.498 e. The van der Waals surface area contributed by atoms with Crippen molar-refractivity contribution in [2.45, 2.75) is 65.8 Å². The molecule has 2 nitrogen and oxygen atoms in total. The van der Waals surface area contributed by atoms with Crippen LogP contribution in [-0.4, -0.2) is 21.0 Å². The van der Waals surface area contributed by atoms with Gasteiger partial charge in [0.25, 0.3) is 0 Å². The second-order valence-electron chi connectivity index (χ2n) is 8.03. The fourth-order valence-electron chi connectivity index (χ4n) is 2.40. The topological polar surface area (TPSA) is 18.5 Å². The molecule has 0 spiro atoms. The van der Waals surface area contributed by atoms with Crippen LogP contribution in [0.5, 0.6) is 0 Å². The van der Waals surface area contributed by atoms with Gasteiger partial charge in [-0.1, -0.05) is 70.2 Å². The molecule has 0 unspecified atom stereocenters. The van der Waals surface area contributed by atoms with Crippen LogP contribution in [0.4, 0.5) is 0 Å². The molecule has 0 saturated heterocycles. The predicted octanol–water partition coefficient (Wildman–Crippen LogP) is 6.67. The molecule has 0 bridgehead atoms. The molecular formula is C22H36O2Si. The van der Waals surface area contributed by atoms with Gasteiger partial charge in [-0.15, -0.1) is 0 Å². The van der Waals surface area contributed by atoms with Gasteiger partial charge in [-0.2, -0.15) is 0 Å². The third-order valence-corrected chi connectivity index (χ3v) is 9.53. The number of ether oxygens (including phenoxy) is 1. The highest BCUT2D eigenvalue weighted by atomic mass is 28.4. The quantitative estimate of drug-likeness (QED) is 0.381. The van der Waals surface area contributed by atoms with E-state index >= 15 is 0 Å². The largest absolute Gasteiger partial charge is 0.498 e. The first-order valence-corrected chi connectivity index (χ1v) is 12.2. The smallest absolute Gasteiger partial charge is 0.192 e. The summed E-state index contributed by atoms with van der Waals surface area (Å²) in [7, 11) is -1.88. The van der Waals surface area contributed by atoms with Gasteiger partial charge in [0.2, 0.25) is 0 Å².